The Hall–Kier alpha value is -2.98. The molecule has 0 spiro atoms. The molecule has 1 fully saturated rings. The van der Waals surface area contributed by atoms with Gasteiger partial charge in [0, 0.05) is 28.9 Å². The fourth-order valence-corrected chi connectivity index (χ4v) is 5.14. The molecule has 1 N–H and O–H groups in total. The normalized spacial score (nSPS) is 19.0. The monoisotopic (exact) mass is 459 g/mol. The number of carbonyl (C=O) groups is 1. The van der Waals surface area contributed by atoms with Crippen molar-refractivity contribution < 1.29 is 18.3 Å². The third-order valence-electron chi connectivity index (χ3n) is 5.71. The van der Waals surface area contributed by atoms with Crippen LogP contribution >= 0.6 is 11.6 Å². The molecular weight excluding hydrogens is 442 g/mol. The molecule has 0 saturated heterocycles. The minimum Gasteiger partial charge on any atom is -0.481 e. The van der Waals surface area contributed by atoms with Crippen molar-refractivity contribution in [3.63, 3.8) is 0 Å². The Balaban J connectivity index is 1.63. The summed E-state index contributed by atoms with van der Waals surface area (Å²) >= 11 is 6.14. The van der Waals surface area contributed by atoms with E-state index in [-0.39, 0.29) is 23.5 Å². The summed E-state index contributed by atoms with van der Waals surface area (Å²) in [7, 11) is -3.54. The van der Waals surface area contributed by atoms with Crippen LogP contribution < -0.4 is 0 Å². The van der Waals surface area contributed by atoms with E-state index in [1.54, 1.807) is 29.1 Å². The molecule has 0 amide bonds. The highest BCUT2D eigenvalue weighted by Gasteiger charge is 2.37. The van der Waals surface area contributed by atoms with Crippen LogP contribution in [0.2, 0.25) is 5.02 Å². The molecule has 0 radical (unpaired) electrons. The topological polar surface area (TPSA) is 120 Å². The highest BCUT2D eigenvalue weighted by molar-refractivity contribution is 7.90. The zero-order chi connectivity index (χ0) is 21.9. The van der Waals surface area contributed by atoms with E-state index in [0.717, 1.165) is 11.8 Å². The zero-order valence-electron chi connectivity index (χ0n) is 16.4. The maximum Gasteiger partial charge on any atom is 0.306 e. The number of carboxylic acid groups (broad SMARTS) is 1. The molecule has 0 atom stereocenters. The molecule has 0 aliphatic heterocycles. The number of benzene rings is 1. The van der Waals surface area contributed by atoms with Gasteiger partial charge in [-0.25, -0.2) is 13.4 Å². The molecule has 1 saturated carbocycles. The van der Waals surface area contributed by atoms with Crippen molar-refractivity contribution in [1.82, 2.24) is 24.3 Å². The van der Waals surface area contributed by atoms with E-state index in [4.69, 9.17) is 16.6 Å². The smallest absolute Gasteiger partial charge is 0.306 e. The number of rotatable bonds is 5. The van der Waals surface area contributed by atoms with E-state index in [1.165, 1.54) is 6.20 Å². The van der Waals surface area contributed by atoms with Crippen molar-refractivity contribution in [3.05, 3.63) is 47.5 Å². The summed E-state index contributed by atoms with van der Waals surface area (Å²) in [6, 6.07) is 7.01. The van der Waals surface area contributed by atoms with E-state index in [2.05, 4.69) is 10.1 Å². The first-order chi connectivity index (χ1) is 14.7. The summed E-state index contributed by atoms with van der Waals surface area (Å²) in [5.41, 5.74) is 2.13. The van der Waals surface area contributed by atoms with Crippen LogP contribution in [0.5, 0.6) is 0 Å². The van der Waals surface area contributed by atoms with Gasteiger partial charge in [-0.15, -0.1) is 0 Å². The average Bonchev–Trinajstić information content (AvgIpc) is 3.19. The number of imidazole rings is 1. The third-order valence-corrected chi connectivity index (χ3v) is 6.95. The van der Waals surface area contributed by atoms with Crippen LogP contribution in [0, 0.1) is 5.92 Å². The SMILES string of the molecule is CS(=O)(=O)c1nn(Cc2nc3cc(Cl)ccc3n2C2CC(C(=O)O)C2)c2cnccc12. The lowest BCUT2D eigenvalue weighted by atomic mass is 9.80. The van der Waals surface area contributed by atoms with Crippen molar-refractivity contribution in [3.8, 4) is 0 Å². The second-order valence-corrected chi connectivity index (χ2v) is 10.2. The van der Waals surface area contributed by atoms with Gasteiger partial charge in [0.05, 0.1) is 35.2 Å². The first-order valence-electron chi connectivity index (χ1n) is 9.62. The van der Waals surface area contributed by atoms with Crippen LogP contribution in [0.1, 0.15) is 24.7 Å². The summed E-state index contributed by atoms with van der Waals surface area (Å²) in [6.45, 7) is 0.207. The fraction of sp³-hybridized carbons (Fsp3) is 0.300. The molecule has 160 valence electrons. The average molecular weight is 460 g/mol. The molecule has 31 heavy (non-hydrogen) atoms. The van der Waals surface area contributed by atoms with Crippen molar-refractivity contribution in [2.75, 3.05) is 6.26 Å². The van der Waals surface area contributed by atoms with Crippen LogP contribution in [-0.4, -0.2) is 50.1 Å². The third kappa shape index (κ3) is 3.35. The number of sulfone groups is 1. The Labute approximate surface area is 182 Å². The summed E-state index contributed by atoms with van der Waals surface area (Å²) in [5.74, 6) is -0.527. The van der Waals surface area contributed by atoms with Gasteiger partial charge in [0.1, 0.15) is 5.82 Å². The number of aromatic nitrogens is 5. The van der Waals surface area contributed by atoms with Gasteiger partial charge in [-0.2, -0.15) is 5.10 Å². The van der Waals surface area contributed by atoms with Gasteiger partial charge in [0.2, 0.25) is 0 Å². The van der Waals surface area contributed by atoms with Crippen molar-refractivity contribution in [2.45, 2.75) is 30.5 Å². The quantitative estimate of drug-likeness (QED) is 0.487. The minimum absolute atomic E-state index is 0.00908. The number of nitrogens with zero attached hydrogens (tertiary/aromatic N) is 5. The molecule has 1 aliphatic rings. The minimum atomic E-state index is -3.54. The Bertz CT molecular complexity index is 1450. The largest absolute Gasteiger partial charge is 0.481 e. The first kappa shape index (κ1) is 20.0. The molecule has 1 aliphatic carbocycles. The van der Waals surface area contributed by atoms with E-state index >= 15 is 0 Å². The molecule has 0 bridgehead atoms. The van der Waals surface area contributed by atoms with Crippen molar-refractivity contribution in [2.24, 2.45) is 5.92 Å². The van der Waals surface area contributed by atoms with Crippen LogP contribution in [0.15, 0.2) is 41.7 Å². The summed E-state index contributed by atoms with van der Waals surface area (Å²) < 4.78 is 28.1. The van der Waals surface area contributed by atoms with Crippen molar-refractivity contribution >= 4 is 49.3 Å². The molecule has 3 heterocycles. The second-order valence-electron chi connectivity index (χ2n) is 7.82. The lowest BCUT2D eigenvalue weighted by Crippen LogP contribution is -2.33. The molecular formula is C20H18ClN5O4S. The lowest BCUT2D eigenvalue weighted by molar-refractivity contribution is -0.145. The molecule has 3 aromatic heterocycles. The van der Waals surface area contributed by atoms with Crippen LogP contribution in [-0.2, 0) is 21.2 Å². The van der Waals surface area contributed by atoms with E-state index in [9.17, 15) is 18.3 Å². The number of hydrogen-bond acceptors (Lipinski definition) is 6. The summed E-state index contributed by atoms with van der Waals surface area (Å²) in [6.07, 6.45) is 5.24. The second kappa shape index (κ2) is 7.03. The van der Waals surface area contributed by atoms with Crippen LogP contribution in [0.25, 0.3) is 21.9 Å². The van der Waals surface area contributed by atoms with Crippen molar-refractivity contribution in [1.29, 1.82) is 0 Å². The summed E-state index contributed by atoms with van der Waals surface area (Å²) in [4.78, 5) is 20.1. The standard InChI is InChI=1S/C20H18ClN5O4S/c1-31(29,30)19-14-4-5-22-9-17(14)25(24-19)10-18-23-15-8-12(21)2-3-16(15)26(18)13-6-11(7-13)20(27)28/h2-5,8-9,11,13H,6-7,10H2,1H3,(H,27,28). The number of pyridine rings is 1. The number of hydrogen-bond donors (Lipinski definition) is 1. The van der Waals surface area contributed by atoms with Gasteiger partial charge in [0.25, 0.3) is 0 Å². The number of aliphatic carboxylic acids is 1. The highest BCUT2D eigenvalue weighted by Crippen LogP contribution is 2.41. The predicted molar refractivity (Wildman–Crippen MR) is 114 cm³/mol. The van der Waals surface area contributed by atoms with Gasteiger partial charge < -0.3 is 9.67 Å². The van der Waals surface area contributed by atoms with Gasteiger partial charge in [-0.3, -0.25) is 14.5 Å². The lowest BCUT2D eigenvalue weighted by Gasteiger charge is -2.34. The number of fused-ring (bicyclic) bond motifs is 2. The maximum absolute atomic E-state index is 12.2. The molecule has 1 aromatic carbocycles. The van der Waals surface area contributed by atoms with Gasteiger partial charge in [-0.05, 0) is 37.1 Å². The molecule has 11 heteroatoms. The van der Waals surface area contributed by atoms with Crippen LogP contribution in [0.4, 0.5) is 0 Å². The van der Waals surface area contributed by atoms with E-state index in [0.29, 0.717) is 40.1 Å². The number of carboxylic acids is 1. The van der Waals surface area contributed by atoms with E-state index < -0.39 is 15.8 Å². The Morgan fingerprint density at radius 3 is 2.74 bits per heavy atom. The summed E-state index contributed by atoms with van der Waals surface area (Å²) in [5, 5.41) is 14.7. The molecule has 0 unspecified atom stereocenters. The Morgan fingerprint density at radius 1 is 1.26 bits per heavy atom. The molecule has 4 aromatic rings. The van der Waals surface area contributed by atoms with Gasteiger partial charge in [0.15, 0.2) is 14.9 Å². The zero-order valence-corrected chi connectivity index (χ0v) is 18.0. The Morgan fingerprint density at radius 2 is 2.03 bits per heavy atom. The molecule has 5 rings (SSSR count). The highest BCUT2D eigenvalue weighted by atomic mass is 35.5. The van der Waals surface area contributed by atoms with Gasteiger partial charge in [-0.1, -0.05) is 11.6 Å². The predicted octanol–water partition coefficient (Wildman–Crippen LogP) is 2.92. The molecule has 9 nitrogen and oxygen atoms in total. The van der Waals surface area contributed by atoms with E-state index in [1.807, 2.05) is 10.6 Å². The maximum atomic E-state index is 12.2. The Kier molecular flexibility index (Phi) is 4.52. The number of halogens is 1. The fourth-order valence-electron chi connectivity index (χ4n) is 4.16. The first-order valence-corrected chi connectivity index (χ1v) is 11.9. The van der Waals surface area contributed by atoms with Gasteiger partial charge >= 0.3 is 5.97 Å². The van der Waals surface area contributed by atoms with Crippen LogP contribution in [0.3, 0.4) is 0 Å².